The number of aromatic nitrogens is 2. The van der Waals surface area contributed by atoms with Crippen LogP contribution in [-0.4, -0.2) is 45.1 Å². The van der Waals surface area contributed by atoms with Crippen molar-refractivity contribution in [3.63, 3.8) is 0 Å². The fraction of sp³-hybridized carbons (Fsp3) is 0.370. The van der Waals surface area contributed by atoms with E-state index in [-0.39, 0.29) is 17.2 Å². The van der Waals surface area contributed by atoms with E-state index >= 15 is 0 Å². The number of rotatable bonds is 3. The lowest BCUT2D eigenvalue weighted by molar-refractivity contribution is 0.0339. The number of aliphatic hydroxyl groups is 1. The Morgan fingerprint density at radius 3 is 2.52 bits per heavy atom. The van der Waals surface area contributed by atoms with Crippen molar-refractivity contribution in [3.05, 3.63) is 71.3 Å². The summed E-state index contributed by atoms with van der Waals surface area (Å²) < 4.78 is 0. The summed E-state index contributed by atoms with van der Waals surface area (Å²) >= 11 is 6.63. The van der Waals surface area contributed by atoms with Gasteiger partial charge in [0.15, 0.2) is 0 Å². The number of piperidine rings is 1. The van der Waals surface area contributed by atoms with Gasteiger partial charge in [-0.1, -0.05) is 45.4 Å². The van der Waals surface area contributed by atoms with E-state index in [0.29, 0.717) is 23.7 Å². The molecular formula is C27H30ClN3O2. The molecule has 0 radical (unpaired) electrons. The summed E-state index contributed by atoms with van der Waals surface area (Å²) in [5, 5.41) is 10.5. The van der Waals surface area contributed by atoms with Gasteiger partial charge in [-0.05, 0) is 48.2 Å². The van der Waals surface area contributed by atoms with Crippen molar-refractivity contribution in [1.82, 2.24) is 14.9 Å². The number of nitrogens with zero attached hydrogens (tertiary/aromatic N) is 3. The lowest BCUT2D eigenvalue weighted by Gasteiger charge is -2.34. The van der Waals surface area contributed by atoms with Crippen LogP contribution in [-0.2, 0) is 5.41 Å². The normalized spacial score (nSPS) is 18.9. The Morgan fingerprint density at radius 1 is 1.06 bits per heavy atom. The van der Waals surface area contributed by atoms with Crippen molar-refractivity contribution in [2.75, 3.05) is 13.1 Å². The number of carbonyl (C=O) groups is 1. The molecule has 0 unspecified atom stereocenters. The molecule has 3 aromatic rings. The Balaban J connectivity index is 1.61. The van der Waals surface area contributed by atoms with Crippen molar-refractivity contribution in [2.24, 2.45) is 5.92 Å². The SMILES string of the molecule is C[C@@H]1C[C@@H](O)CN(C(=O)c2ccc(-c3cncc(-c4ccnc(C(C)(C)C)c4)c3)c(Cl)c2)C1. The number of carbonyl (C=O) groups excluding carboxylic acids is 1. The highest BCUT2D eigenvalue weighted by atomic mass is 35.5. The molecular weight excluding hydrogens is 434 g/mol. The monoisotopic (exact) mass is 463 g/mol. The fourth-order valence-electron chi connectivity index (χ4n) is 4.31. The molecule has 5 nitrogen and oxygen atoms in total. The van der Waals surface area contributed by atoms with Gasteiger partial charge in [0, 0.05) is 70.1 Å². The number of benzene rings is 1. The van der Waals surface area contributed by atoms with Gasteiger partial charge in [-0.3, -0.25) is 14.8 Å². The lowest BCUT2D eigenvalue weighted by Crippen LogP contribution is -2.45. The first-order valence-electron chi connectivity index (χ1n) is 11.3. The van der Waals surface area contributed by atoms with Gasteiger partial charge < -0.3 is 10.0 Å². The van der Waals surface area contributed by atoms with Crippen LogP contribution in [0.2, 0.25) is 5.02 Å². The molecule has 6 heteroatoms. The minimum Gasteiger partial charge on any atom is -0.391 e. The third kappa shape index (κ3) is 5.26. The summed E-state index contributed by atoms with van der Waals surface area (Å²) in [4.78, 5) is 23.6. The lowest BCUT2D eigenvalue weighted by atomic mass is 9.90. The van der Waals surface area contributed by atoms with Gasteiger partial charge in [0.05, 0.1) is 6.10 Å². The topological polar surface area (TPSA) is 66.3 Å². The van der Waals surface area contributed by atoms with Crippen LogP contribution in [0.5, 0.6) is 0 Å². The summed E-state index contributed by atoms with van der Waals surface area (Å²) in [6.07, 6.45) is 5.68. The fourth-order valence-corrected chi connectivity index (χ4v) is 4.60. The maximum absolute atomic E-state index is 13.0. The maximum Gasteiger partial charge on any atom is 0.254 e. The Labute approximate surface area is 200 Å². The highest BCUT2D eigenvalue weighted by Gasteiger charge is 2.27. The molecule has 1 amide bonds. The molecule has 3 heterocycles. The van der Waals surface area contributed by atoms with Crippen molar-refractivity contribution < 1.29 is 9.90 Å². The van der Waals surface area contributed by atoms with E-state index in [1.165, 1.54) is 0 Å². The van der Waals surface area contributed by atoms with Crippen LogP contribution >= 0.6 is 11.6 Å². The van der Waals surface area contributed by atoms with Crippen LogP contribution in [0.1, 0.15) is 50.2 Å². The highest BCUT2D eigenvalue weighted by molar-refractivity contribution is 6.33. The first-order chi connectivity index (χ1) is 15.6. The Hall–Kier alpha value is -2.76. The third-order valence-corrected chi connectivity index (χ3v) is 6.36. The van der Waals surface area contributed by atoms with Crippen molar-refractivity contribution in [1.29, 1.82) is 0 Å². The number of β-amino-alcohol motifs (C(OH)–C–C–N with tert-alkyl or cyclic N) is 1. The first kappa shape index (κ1) is 23.4. The number of aliphatic hydroxyl groups excluding tert-OH is 1. The molecule has 33 heavy (non-hydrogen) atoms. The molecule has 1 fully saturated rings. The molecule has 2 aromatic heterocycles. The Kier molecular flexibility index (Phi) is 6.55. The molecule has 0 bridgehead atoms. The van der Waals surface area contributed by atoms with E-state index in [1.807, 2.05) is 31.5 Å². The second-order valence-corrected chi connectivity index (χ2v) is 10.4. The minimum absolute atomic E-state index is 0.0467. The zero-order valence-corrected chi connectivity index (χ0v) is 20.3. The second kappa shape index (κ2) is 9.24. The molecule has 4 rings (SSSR count). The zero-order chi connectivity index (χ0) is 23.8. The van der Waals surface area contributed by atoms with Crippen LogP contribution in [0.4, 0.5) is 0 Å². The first-order valence-corrected chi connectivity index (χ1v) is 11.7. The van der Waals surface area contributed by atoms with E-state index in [9.17, 15) is 9.90 Å². The zero-order valence-electron chi connectivity index (χ0n) is 19.5. The average Bonchev–Trinajstić information content (AvgIpc) is 2.77. The highest BCUT2D eigenvalue weighted by Crippen LogP contribution is 2.32. The number of pyridine rings is 2. The number of hydrogen-bond acceptors (Lipinski definition) is 4. The average molecular weight is 464 g/mol. The van der Waals surface area contributed by atoms with Gasteiger partial charge in [-0.2, -0.15) is 0 Å². The third-order valence-electron chi connectivity index (χ3n) is 6.05. The van der Waals surface area contributed by atoms with Gasteiger partial charge in [-0.15, -0.1) is 0 Å². The molecule has 1 aliphatic heterocycles. The number of halogens is 1. The van der Waals surface area contributed by atoms with Crippen LogP contribution in [0.15, 0.2) is 55.0 Å². The standard InChI is InChI=1S/C27H30ClN3O2/c1-17-9-22(32)16-31(15-17)26(33)19-5-6-23(24(28)11-19)21-10-20(13-29-14-21)18-7-8-30-25(12-18)27(2,3)4/h5-8,10-14,17,22,32H,9,15-16H2,1-4H3/t17-,22-/m1/s1. The van der Waals surface area contributed by atoms with E-state index in [0.717, 1.165) is 34.4 Å². The van der Waals surface area contributed by atoms with Gasteiger partial charge in [0.1, 0.15) is 0 Å². The van der Waals surface area contributed by atoms with Crippen LogP contribution in [0, 0.1) is 5.92 Å². The minimum atomic E-state index is -0.478. The van der Waals surface area contributed by atoms with E-state index in [1.54, 1.807) is 23.2 Å². The molecule has 2 atom stereocenters. The van der Waals surface area contributed by atoms with Crippen LogP contribution < -0.4 is 0 Å². The van der Waals surface area contributed by atoms with Crippen molar-refractivity contribution in [2.45, 2.75) is 45.6 Å². The Bertz CT molecular complexity index is 1160. The Morgan fingerprint density at radius 2 is 1.82 bits per heavy atom. The van der Waals surface area contributed by atoms with Crippen molar-refractivity contribution >= 4 is 17.5 Å². The van der Waals surface area contributed by atoms with Gasteiger partial charge in [0.25, 0.3) is 5.91 Å². The summed E-state index contributed by atoms with van der Waals surface area (Å²) in [5.41, 5.74) is 5.22. The summed E-state index contributed by atoms with van der Waals surface area (Å²) in [6.45, 7) is 9.47. The van der Waals surface area contributed by atoms with E-state index < -0.39 is 6.10 Å². The molecule has 0 aliphatic carbocycles. The van der Waals surface area contributed by atoms with Crippen molar-refractivity contribution in [3.8, 4) is 22.3 Å². The molecule has 1 aliphatic rings. The number of amides is 1. The number of hydrogen-bond donors (Lipinski definition) is 1. The molecule has 172 valence electrons. The number of likely N-dealkylation sites (tertiary alicyclic amines) is 1. The van der Waals surface area contributed by atoms with Gasteiger partial charge in [-0.25, -0.2) is 0 Å². The second-order valence-electron chi connectivity index (χ2n) is 10.0. The van der Waals surface area contributed by atoms with E-state index in [2.05, 4.69) is 42.9 Å². The van der Waals surface area contributed by atoms with Crippen LogP contribution in [0.3, 0.4) is 0 Å². The predicted octanol–water partition coefficient (Wildman–Crippen LogP) is 5.60. The summed E-state index contributed by atoms with van der Waals surface area (Å²) in [6, 6.07) is 11.5. The molecule has 0 spiro atoms. The van der Waals surface area contributed by atoms with Gasteiger partial charge in [0.2, 0.25) is 0 Å². The molecule has 1 aromatic carbocycles. The van der Waals surface area contributed by atoms with Gasteiger partial charge >= 0.3 is 0 Å². The quantitative estimate of drug-likeness (QED) is 0.548. The molecule has 1 N–H and O–H groups in total. The molecule has 1 saturated heterocycles. The summed E-state index contributed by atoms with van der Waals surface area (Å²) in [7, 11) is 0. The van der Waals surface area contributed by atoms with E-state index in [4.69, 9.17) is 11.6 Å². The maximum atomic E-state index is 13.0. The van der Waals surface area contributed by atoms with Crippen LogP contribution in [0.25, 0.3) is 22.3 Å². The largest absolute Gasteiger partial charge is 0.391 e. The smallest absolute Gasteiger partial charge is 0.254 e. The summed E-state index contributed by atoms with van der Waals surface area (Å²) in [5.74, 6) is 0.167. The molecule has 0 saturated carbocycles. The predicted molar refractivity (Wildman–Crippen MR) is 132 cm³/mol.